The zero-order valence-electron chi connectivity index (χ0n) is 18.5. The van der Waals surface area contributed by atoms with Gasteiger partial charge >= 0.3 is 0 Å². The molecule has 156 valence electrons. The summed E-state index contributed by atoms with van der Waals surface area (Å²) in [7, 11) is 3.83. The van der Waals surface area contributed by atoms with Crippen LogP contribution in [0.3, 0.4) is 0 Å². The molecule has 1 aromatic rings. The first-order valence-electron chi connectivity index (χ1n) is 10.4. The number of hydrogen-bond acceptors (Lipinski definition) is 4. The second kappa shape index (κ2) is 14.5. The Bertz CT molecular complexity index is 484. The summed E-state index contributed by atoms with van der Waals surface area (Å²) in [5.74, 6) is 0.194. The largest absolute Gasteiger partial charge is 0.385 e. The van der Waals surface area contributed by atoms with Crippen molar-refractivity contribution >= 4 is 11.6 Å². The van der Waals surface area contributed by atoms with Crippen molar-refractivity contribution in [2.75, 3.05) is 45.4 Å². The number of piperidine rings is 1. The maximum absolute atomic E-state index is 12.3. The molecule has 3 rings (SSSR count). The number of para-hydroxylation sites is 1. The van der Waals surface area contributed by atoms with Gasteiger partial charge in [-0.2, -0.15) is 0 Å². The van der Waals surface area contributed by atoms with Gasteiger partial charge in [-0.25, -0.2) is 0 Å². The van der Waals surface area contributed by atoms with Crippen LogP contribution in [0.15, 0.2) is 30.3 Å². The molecule has 1 aromatic carbocycles. The van der Waals surface area contributed by atoms with E-state index in [0.29, 0.717) is 6.67 Å². The van der Waals surface area contributed by atoms with Crippen LogP contribution >= 0.6 is 0 Å². The molecule has 27 heavy (non-hydrogen) atoms. The number of hydrogen-bond donors (Lipinski definition) is 1. The van der Waals surface area contributed by atoms with Gasteiger partial charge in [-0.3, -0.25) is 4.79 Å². The van der Waals surface area contributed by atoms with Crippen LogP contribution in [-0.2, 0) is 9.53 Å². The minimum Gasteiger partial charge on any atom is -0.385 e. The molecule has 1 amide bonds. The van der Waals surface area contributed by atoms with E-state index >= 15 is 0 Å². The van der Waals surface area contributed by atoms with Crippen molar-refractivity contribution in [1.29, 1.82) is 0 Å². The third kappa shape index (κ3) is 7.15. The summed E-state index contributed by atoms with van der Waals surface area (Å²) in [6.07, 6.45) is 2.94. The Morgan fingerprint density at radius 1 is 1.07 bits per heavy atom. The summed E-state index contributed by atoms with van der Waals surface area (Å²) in [6, 6.07) is 10.2. The molecular formula is C22H41N3O2. The Labute approximate surface area is 167 Å². The van der Waals surface area contributed by atoms with Crippen molar-refractivity contribution in [3.8, 4) is 0 Å². The molecule has 0 saturated carbocycles. The molecule has 0 unspecified atom stereocenters. The van der Waals surface area contributed by atoms with Gasteiger partial charge in [-0.1, -0.05) is 52.8 Å². The number of benzene rings is 1. The highest BCUT2D eigenvalue weighted by molar-refractivity contribution is 5.93. The van der Waals surface area contributed by atoms with E-state index < -0.39 is 0 Å². The van der Waals surface area contributed by atoms with Crippen molar-refractivity contribution in [1.82, 2.24) is 10.2 Å². The fourth-order valence-corrected chi connectivity index (χ4v) is 3.23. The molecule has 0 bridgehead atoms. The van der Waals surface area contributed by atoms with Gasteiger partial charge in [0.25, 0.3) is 0 Å². The number of carbonyl (C=O) groups is 1. The number of methoxy groups -OCH3 is 1. The van der Waals surface area contributed by atoms with Gasteiger partial charge in [0.1, 0.15) is 5.54 Å². The van der Waals surface area contributed by atoms with Gasteiger partial charge in [0, 0.05) is 32.5 Å². The fourth-order valence-electron chi connectivity index (χ4n) is 3.23. The van der Waals surface area contributed by atoms with E-state index in [1.54, 1.807) is 7.11 Å². The monoisotopic (exact) mass is 379 g/mol. The average Bonchev–Trinajstić information content (AvgIpc) is 3.05. The lowest BCUT2D eigenvalue weighted by molar-refractivity contribution is -0.125. The van der Waals surface area contributed by atoms with Crippen LogP contribution in [0.2, 0.25) is 0 Å². The highest BCUT2D eigenvalue weighted by atomic mass is 16.5. The number of nitrogens with zero attached hydrogens (tertiary/aromatic N) is 2. The third-order valence-electron chi connectivity index (χ3n) is 4.63. The van der Waals surface area contributed by atoms with E-state index in [4.69, 9.17) is 4.74 Å². The molecule has 2 aliphatic rings. The first-order chi connectivity index (χ1) is 13.1. The maximum atomic E-state index is 12.3. The molecule has 0 radical (unpaired) electrons. The van der Waals surface area contributed by atoms with Crippen LogP contribution in [0.4, 0.5) is 5.69 Å². The van der Waals surface area contributed by atoms with Crippen molar-refractivity contribution < 1.29 is 9.53 Å². The predicted molar refractivity (Wildman–Crippen MR) is 116 cm³/mol. The molecule has 0 atom stereocenters. The van der Waals surface area contributed by atoms with E-state index in [1.165, 1.54) is 0 Å². The molecule has 0 aromatic heterocycles. The van der Waals surface area contributed by atoms with E-state index in [9.17, 15) is 4.79 Å². The first kappa shape index (κ1) is 25.4. The van der Waals surface area contributed by atoms with Crippen LogP contribution in [0.1, 0.15) is 53.9 Å². The molecule has 0 aliphatic carbocycles. The molecule has 1 spiro atoms. The molecule has 5 nitrogen and oxygen atoms in total. The smallest absolute Gasteiger partial charge is 0.247 e. The minimum absolute atomic E-state index is 0.194. The summed E-state index contributed by atoms with van der Waals surface area (Å²) in [5, 5.41) is 3.01. The van der Waals surface area contributed by atoms with Crippen molar-refractivity contribution in [3.05, 3.63) is 30.3 Å². The topological polar surface area (TPSA) is 44.8 Å². The maximum Gasteiger partial charge on any atom is 0.247 e. The molecule has 2 fully saturated rings. The standard InChI is InChI=1S/C14H19N3O.C4H10O.2C2H6/c1-16-9-7-14(8-10-16)13(18)15-11-17(14)12-5-3-2-4-6-12;1-3-4-5-2;2*1-2/h2-6H,7-11H2,1H3,(H,15,18);3-4H2,1-2H3;2*1-2H3. The fraction of sp³-hybridized carbons (Fsp3) is 0.682. The van der Waals surface area contributed by atoms with Gasteiger partial charge < -0.3 is 19.9 Å². The van der Waals surface area contributed by atoms with Gasteiger partial charge in [0.05, 0.1) is 6.67 Å². The Kier molecular flexibility index (Phi) is 13.6. The van der Waals surface area contributed by atoms with Gasteiger partial charge in [-0.05, 0) is 38.4 Å². The molecule has 2 heterocycles. The van der Waals surface area contributed by atoms with E-state index in [1.807, 2.05) is 45.9 Å². The second-order valence-electron chi connectivity index (χ2n) is 6.26. The number of carbonyl (C=O) groups excluding carboxylic acids is 1. The second-order valence-corrected chi connectivity index (χ2v) is 6.26. The summed E-state index contributed by atoms with van der Waals surface area (Å²) >= 11 is 0. The van der Waals surface area contributed by atoms with Gasteiger partial charge in [-0.15, -0.1) is 0 Å². The number of nitrogens with one attached hydrogen (secondary N) is 1. The van der Waals surface area contributed by atoms with E-state index in [-0.39, 0.29) is 11.4 Å². The lowest BCUT2D eigenvalue weighted by Gasteiger charge is -2.42. The first-order valence-corrected chi connectivity index (χ1v) is 10.4. The van der Waals surface area contributed by atoms with E-state index in [2.05, 4.69) is 41.2 Å². The van der Waals surface area contributed by atoms with Crippen LogP contribution in [0, 0.1) is 0 Å². The highest BCUT2D eigenvalue weighted by Gasteiger charge is 2.49. The summed E-state index contributed by atoms with van der Waals surface area (Å²) in [6.45, 7) is 13.6. The third-order valence-corrected chi connectivity index (χ3v) is 4.63. The number of amides is 1. The number of anilines is 1. The van der Waals surface area contributed by atoms with Crippen LogP contribution in [0.25, 0.3) is 0 Å². The van der Waals surface area contributed by atoms with E-state index in [0.717, 1.165) is 44.6 Å². The average molecular weight is 380 g/mol. The Hall–Kier alpha value is -1.59. The number of likely N-dealkylation sites (tertiary alicyclic amines) is 1. The lowest BCUT2D eigenvalue weighted by atomic mass is 9.86. The highest BCUT2D eigenvalue weighted by Crippen LogP contribution is 2.35. The van der Waals surface area contributed by atoms with Crippen LogP contribution in [0.5, 0.6) is 0 Å². The molecule has 2 saturated heterocycles. The zero-order chi connectivity index (χ0) is 20.7. The Morgan fingerprint density at radius 2 is 1.63 bits per heavy atom. The molecule has 5 heteroatoms. The molecular weight excluding hydrogens is 338 g/mol. The SMILES string of the molecule is CC.CC.CCCOC.CN1CCC2(CC1)C(=O)NCN2c1ccccc1. The lowest BCUT2D eigenvalue weighted by Crippen LogP contribution is -2.55. The van der Waals surface area contributed by atoms with Gasteiger partial charge in [0.2, 0.25) is 5.91 Å². The molecule has 2 aliphatic heterocycles. The summed E-state index contributed by atoms with van der Waals surface area (Å²) in [5.41, 5.74) is 0.814. The normalized spacial score (nSPS) is 17.6. The summed E-state index contributed by atoms with van der Waals surface area (Å²) < 4.78 is 4.69. The quantitative estimate of drug-likeness (QED) is 0.857. The zero-order valence-corrected chi connectivity index (χ0v) is 18.5. The van der Waals surface area contributed by atoms with Crippen molar-refractivity contribution in [3.63, 3.8) is 0 Å². The Balaban J connectivity index is 0.000000646. The van der Waals surface area contributed by atoms with Gasteiger partial charge in [0.15, 0.2) is 0 Å². The number of rotatable bonds is 3. The Morgan fingerprint density at radius 3 is 2.07 bits per heavy atom. The molecule has 1 N–H and O–H groups in total. The van der Waals surface area contributed by atoms with Crippen molar-refractivity contribution in [2.24, 2.45) is 0 Å². The predicted octanol–water partition coefficient (Wildman–Crippen LogP) is 4.14. The van der Waals surface area contributed by atoms with Crippen LogP contribution in [-0.4, -0.2) is 56.9 Å². The number of ether oxygens (including phenoxy) is 1. The summed E-state index contributed by atoms with van der Waals surface area (Å²) in [4.78, 5) is 16.8. The van der Waals surface area contributed by atoms with Crippen LogP contribution < -0.4 is 10.2 Å². The minimum atomic E-state index is -0.326. The van der Waals surface area contributed by atoms with Crippen molar-refractivity contribution in [2.45, 2.75) is 59.4 Å².